The molecule has 1 heterocycles. The van der Waals surface area contributed by atoms with E-state index in [-0.39, 0.29) is 10.9 Å². The number of aromatic nitrogens is 2. The molecule has 0 aliphatic carbocycles. The van der Waals surface area contributed by atoms with Gasteiger partial charge < -0.3 is 10.3 Å². The summed E-state index contributed by atoms with van der Waals surface area (Å²) in [4.78, 5) is 19.2. The van der Waals surface area contributed by atoms with Crippen LogP contribution >= 0.6 is 11.6 Å². The molecule has 2 aromatic carbocycles. The van der Waals surface area contributed by atoms with E-state index in [0.717, 1.165) is 16.6 Å². The molecule has 0 spiro atoms. The van der Waals surface area contributed by atoms with Gasteiger partial charge in [0.15, 0.2) is 0 Å². The predicted octanol–water partition coefficient (Wildman–Crippen LogP) is 3.33. The Kier molecular flexibility index (Phi) is 4.06. The van der Waals surface area contributed by atoms with Gasteiger partial charge >= 0.3 is 0 Å². The monoisotopic (exact) mass is 317 g/mol. The van der Waals surface area contributed by atoms with E-state index >= 15 is 0 Å². The molecule has 2 N–H and O–H groups in total. The lowest BCUT2D eigenvalue weighted by atomic mass is 10.1. The fourth-order valence-electron chi connectivity index (χ4n) is 2.19. The van der Waals surface area contributed by atoms with Gasteiger partial charge in [0.05, 0.1) is 22.4 Å². The molecule has 0 fully saturated rings. The Morgan fingerprint density at radius 1 is 1.27 bits per heavy atom. The Morgan fingerprint density at radius 2 is 2.14 bits per heavy atom. The zero-order chi connectivity index (χ0) is 15.5. The summed E-state index contributed by atoms with van der Waals surface area (Å²) in [5.74, 6) is -0.605. The van der Waals surface area contributed by atoms with Crippen molar-refractivity contribution in [3.8, 4) is 0 Å². The molecule has 0 aliphatic rings. The van der Waals surface area contributed by atoms with Crippen LogP contribution in [0.15, 0.2) is 42.7 Å². The van der Waals surface area contributed by atoms with Gasteiger partial charge in [-0.3, -0.25) is 4.79 Å². The van der Waals surface area contributed by atoms with Crippen LogP contribution in [0.3, 0.4) is 0 Å². The van der Waals surface area contributed by atoms with Crippen molar-refractivity contribution in [3.63, 3.8) is 0 Å². The largest absolute Gasteiger partial charge is 0.352 e. The van der Waals surface area contributed by atoms with Crippen molar-refractivity contribution in [2.45, 2.75) is 6.42 Å². The van der Waals surface area contributed by atoms with E-state index in [2.05, 4.69) is 15.3 Å². The van der Waals surface area contributed by atoms with Crippen LogP contribution in [0.1, 0.15) is 15.9 Å². The molecule has 1 aromatic heterocycles. The number of hydrogen-bond donors (Lipinski definition) is 2. The molecule has 0 atom stereocenters. The number of fused-ring (bicyclic) bond motifs is 1. The molecule has 0 unspecified atom stereocenters. The highest BCUT2D eigenvalue weighted by atomic mass is 35.5. The number of imidazole rings is 1. The highest BCUT2D eigenvalue weighted by Crippen LogP contribution is 2.16. The minimum Gasteiger partial charge on any atom is -0.352 e. The first-order valence-corrected chi connectivity index (χ1v) is 7.16. The Balaban J connectivity index is 1.60. The van der Waals surface area contributed by atoms with Crippen LogP contribution in [0, 0.1) is 5.82 Å². The number of H-pyrrole nitrogens is 1. The van der Waals surface area contributed by atoms with E-state index in [1.54, 1.807) is 36.7 Å². The van der Waals surface area contributed by atoms with Crippen molar-refractivity contribution in [1.29, 1.82) is 0 Å². The third-order valence-corrected chi connectivity index (χ3v) is 3.66. The SMILES string of the molecule is O=C(NCCc1ccc(F)c(Cl)c1)c1ccc2nc[nH]c2c1. The molecule has 0 aliphatic heterocycles. The fourth-order valence-corrected chi connectivity index (χ4v) is 2.40. The maximum atomic E-state index is 13.1. The van der Waals surface area contributed by atoms with E-state index < -0.39 is 5.82 Å². The van der Waals surface area contributed by atoms with E-state index in [1.807, 2.05) is 0 Å². The number of carbonyl (C=O) groups excluding carboxylic acids is 1. The lowest BCUT2D eigenvalue weighted by molar-refractivity contribution is 0.0954. The van der Waals surface area contributed by atoms with Crippen molar-refractivity contribution in [2.24, 2.45) is 0 Å². The molecule has 22 heavy (non-hydrogen) atoms. The Hall–Kier alpha value is -2.40. The third-order valence-electron chi connectivity index (χ3n) is 3.37. The maximum Gasteiger partial charge on any atom is 0.251 e. The average molecular weight is 318 g/mol. The second kappa shape index (κ2) is 6.15. The number of benzene rings is 2. The number of amides is 1. The van der Waals surface area contributed by atoms with E-state index in [0.29, 0.717) is 18.5 Å². The van der Waals surface area contributed by atoms with Gasteiger partial charge in [0.2, 0.25) is 0 Å². The molecule has 3 aromatic rings. The number of halogens is 2. The summed E-state index contributed by atoms with van der Waals surface area (Å²) in [6, 6.07) is 9.83. The highest BCUT2D eigenvalue weighted by Gasteiger charge is 2.07. The molecule has 0 radical (unpaired) electrons. The van der Waals surface area contributed by atoms with Crippen molar-refractivity contribution in [2.75, 3.05) is 6.54 Å². The first-order valence-electron chi connectivity index (χ1n) is 6.79. The minimum absolute atomic E-state index is 0.0912. The van der Waals surface area contributed by atoms with Gasteiger partial charge in [0.1, 0.15) is 5.82 Å². The summed E-state index contributed by atoms with van der Waals surface area (Å²) in [7, 11) is 0. The van der Waals surface area contributed by atoms with Gasteiger partial charge in [0.25, 0.3) is 5.91 Å². The topological polar surface area (TPSA) is 57.8 Å². The first-order chi connectivity index (χ1) is 10.6. The lowest BCUT2D eigenvalue weighted by Crippen LogP contribution is -2.25. The summed E-state index contributed by atoms with van der Waals surface area (Å²) in [5.41, 5.74) is 3.07. The smallest absolute Gasteiger partial charge is 0.251 e. The predicted molar refractivity (Wildman–Crippen MR) is 83.5 cm³/mol. The van der Waals surface area contributed by atoms with E-state index in [9.17, 15) is 9.18 Å². The molecule has 0 bridgehead atoms. The van der Waals surface area contributed by atoms with Crippen LogP contribution in [0.4, 0.5) is 4.39 Å². The zero-order valence-electron chi connectivity index (χ0n) is 11.6. The molecule has 1 amide bonds. The van der Waals surface area contributed by atoms with Gasteiger partial charge in [0, 0.05) is 12.1 Å². The molecule has 4 nitrogen and oxygen atoms in total. The second-order valence-electron chi connectivity index (χ2n) is 4.89. The average Bonchev–Trinajstić information content (AvgIpc) is 2.98. The third kappa shape index (κ3) is 3.09. The molecule has 3 rings (SSSR count). The van der Waals surface area contributed by atoms with Crippen molar-refractivity contribution in [3.05, 3.63) is 64.7 Å². The van der Waals surface area contributed by atoms with Gasteiger partial charge in [-0.25, -0.2) is 9.37 Å². The van der Waals surface area contributed by atoms with E-state index in [1.165, 1.54) is 6.07 Å². The van der Waals surface area contributed by atoms with Gasteiger partial charge in [-0.15, -0.1) is 0 Å². The van der Waals surface area contributed by atoms with Crippen LogP contribution < -0.4 is 5.32 Å². The van der Waals surface area contributed by atoms with Gasteiger partial charge in [-0.1, -0.05) is 17.7 Å². The normalized spacial score (nSPS) is 10.8. The van der Waals surface area contributed by atoms with Crippen LogP contribution in [0.2, 0.25) is 5.02 Å². The van der Waals surface area contributed by atoms with E-state index in [4.69, 9.17) is 11.6 Å². The summed E-state index contributed by atoms with van der Waals surface area (Å²) >= 11 is 5.72. The highest BCUT2D eigenvalue weighted by molar-refractivity contribution is 6.30. The number of hydrogen-bond acceptors (Lipinski definition) is 2. The minimum atomic E-state index is -0.442. The quantitative estimate of drug-likeness (QED) is 0.775. The lowest BCUT2D eigenvalue weighted by Gasteiger charge is -2.06. The second-order valence-corrected chi connectivity index (χ2v) is 5.30. The number of rotatable bonds is 4. The van der Waals surface area contributed by atoms with Gasteiger partial charge in [-0.05, 0) is 42.3 Å². The Bertz CT molecular complexity index is 831. The summed E-state index contributed by atoms with van der Waals surface area (Å²) in [6.07, 6.45) is 2.17. The van der Waals surface area contributed by atoms with Crippen LogP contribution in [0.25, 0.3) is 11.0 Å². The molecular weight excluding hydrogens is 305 g/mol. The molecule has 0 saturated heterocycles. The Morgan fingerprint density at radius 3 is 2.95 bits per heavy atom. The van der Waals surface area contributed by atoms with Crippen molar-refractivity contribution in [1.82, 2.24) is 15.3 Å². The van der Waals surface area contributed by atoms with Crippen molar-refractivity contribution >= 4 is 28.5 Å². The molecule has 0 saturated carbocycles. The number of nitrogens with zero attached hydrogens (tertiary/aromatic N) is 1. The number of carbonyl (C=O) groups is 1. The van der Waals surface area contributed by atoms with Crippen LogP contribution in [0.5, 0.6) is 0 Å². The molecule has 6 heteroatoms. The molecule has 112 valence electrons. The summed E-state index contributed by atoms with van der Waals surface area (Å²) in [5, 5.41) is 2.92. The first kappa shape index (κ1) is 14.5. The number of aromatic amines is 1. The van der Waals surface area contributed by atoms with Gasteiger partial charge in [-0.2, -0.15) is 0 Å². The fraction of sp³-hybridized carbons (Fsp3) is 0.125. The zero-order valence-corrected chi connectivity index (χ0v) is 12.3. The standard InChI is InChI=1S/C16H13ClFN3O/c17-12-7-10(1-3-13(12)18)5-6-19-16(22)11-2-4-14-15(8-11)21-9-20-14/h1-4,7-9H,5-6H2,(H,19,22)(H,20,21). The van der Waals surface area contributed by atoms with Crippen LogP contribution in [-0.2, 0) is 6.42 Å². The molecular formula is C16H13ClFN3O. The summed E-state index contributed by atoms with van der Waals surface area (Å²) in [6.45, 7) is 0.446. The van der Waals surface area contributed by atoms with Crippen LogP contribution in [-0.4, -0.2) is 22.4 Å². The summed E-state index contributed by atoms with van der Waals surface area (Å²) < 4.78 is 13.1. The van der Waals surface area contributed by atoms with Crippen molar-refractivity contribution < 1.29 is 9.18 Å². The number of nitrogens with one attached hydrogen (secondary N) is 2. The Labute approximate surface area is 131 Å². The maximum absolute atomic E-state index is 13.1.